The summed E-state index contributed by atoms with van der Waals surface area (Å²) in [5.74, 6) is 1.56. The second kappa shape index (κ2) is 7.88. The van der Waals surface area contributed by atoms with Gasteiger partial charge in [0.1, 0.15) is 0 Å². The van der Waals surface area contributed by atoms with Gasteiger partial charge in [0.15, 0.2) is 11.5 Å². The number of nitrogens with one attached hydrogen (secondary N) is 1. The van der Waals surface area contributed by atoms with Crippen molar-refractivity contribution in [3.05, 3.63) is 23.8 Å². The summed E-state index contributed by atoms with van der Waals surface area (Å²) in [5.41, 5.74) is 6.83. The Bertz CT molecular complexity index is 475. The third kappa shape index (κ3) is 4.93. The summed E-state index contributed by atoms with van der Waals surface area (Å²) in [6.07, 6.45) is 0.671. The van der Waals surface area contributed by atoms with Crippen molar-refractivity contribution >= 4 is 5.91 Å². The van der Waals surface area contributed by atoms with Crippen LogP contribution in [0.4, 0.5) is 0 Å². The van der Waals surface area contributed by atoms with Crippen LogP contribution in [0.25, 0.3) is 0 Å². The van der Waals surface area contributed by atoms with E-state index in [9.17, 15) is 4.79 Å². The summed E-state index contributed by atoms with van der Waals surface area (Å²) in [6.45, 7) is 6.01. The highest BCUT2D eigenvalue weighted by atomic mass is 16.5. The van der Waals surface area contributed by atoms with Crippen LogP contribution in [0.15, 0.2) is 18.2 Å². The van der Waals surface area contributed by atoms with Crippen LogP contribution in [0, 0.1) is 5.92 Å². The average molecular weight is 294 g/mol. The zero-order valence-electron chi connectivity index (χ0n) is 13.5. The van der Waals surface area contributed by atoms with Crippen molar-refractivity contribution in [2.24, 2.45) is 11.7 Å². The highest BCUT2D eigenvalue weighted by Gasteiger charge is 2.18. The van der Waals surface area contributed by atoms with Gasteiger partial charge >= 0.3 is 0 Å². The smallest absolute Gasteiger partial charge is 0.237 e. The van der Waals surface area contributed by atoms with Gasteiger partial charge in [-0.1, -0.05) is 19.9 Å². The second-order valence-corrected chi connectivity index (χ2v) is 5.58. The van der Waals surface area contributed by atoms with Crippen molar-refractivity contribution in [2.45, 2.75) is 39.3 Å². The first-order valence-corrected chi connectivity index (χ1v) is 7.16. The molecule has 1 aromatic rings. The zero-order valence-corrected chi connectivity index (χ0v) is 13.5. The maximum Gasteiger partial charge on any atom is 0.237 e. The molecule has 0 saturated heterocycles. The molecule has 0 aliphatic carbocycles. The Morgan fingerprint density at radius 3 is 2.33 bits per heavy atom. The molecule has 0 spiro atoms. The summed E-state index contributed by atoms with van der Waals surface area (Å²) in [7, 11) is 3.18. The van der Waals surface area contributed by atoms with E-state index in [1.807, 2.05) is 39.0 Å². The lowest BCUT2D eigenvalue weighted by atomic mass is 10.0. The number of hydrogen-bond donors (Lipinski definition) is 2. The highest BCUT2D eigenvalue weighted by molar-refractivity contribution is 5.81. The van der Waals surface area contributed by atoms with Gasteiger partial charge in [0, 0.05) is 0 Å². The van der Waals surface area contributed by atoms with E-state index in [-0.39, 0.29) is 11.9 Å². The molecule has 1 aromatic carbocycles. The summed E-state index contributed by atoms with van der Waals surface area (Å²) < 4.78 is 10.5. The zero-order chi connectivity index (χ0) is 16.0. The van der Waals surface area contributed by atoms with Crippen LogP contribution in [0.3, 0.4) is 0 Å². The van der Waals surface area contributed by atoms with Crippen molar-refractivity contribution < 1.29 is 14.3 Å². The first-order chi connectivity index (χ1) is 9.88. The van der Waals surface area contributed by atoms with Crippen molar-refractivity contribution in [1.29, 1.82) is 0 Å². The Morgan fingerprint density at radius 2 is 1.81 bits per heavy atom. The Labute approximate surface area is 126 Å². The number of carbonyl (C=O) groups is 1. The van der Waals surface area contributed by atoms with Crippen LogP contribution in [-0.4, -0.2) is 26.2 Å². The molecule has 0 fully saturated rings. The first kappa shape index (κ1) is 17.3. The van der Waals surface area contributed by atoms with Gasteiger partial charge in [-0.3, -0.25) is 4.79 Å². The van der Waals surface area contributed by atoms with E-state index in [2.05, 4.69) is 5.32 Å². The molecule has 0 radical (unpaired) electrons. The van der Waals surface area contributed by atoms with E-state index >= 15 is 0 Å². The summed E-state index contributed by atoms with van der Waals surface area (Å²) in [4.78, 5) is 12.0. The van der Waals surface area contributed by atoms with E-state index in [1.165, 1.54) is 0 Å². The van der Waals surface area contributed by atoms with E-state index < -0.39 is 6.04 Å². The fourth-order valence-corrected chi connectivity index (χ4v) is 2.14. The molecular weight excluding hydrogens is 268 g/mol. The minimum atomic E-state index is -0.479. The largest absolute Gasteiger partial charge is 0.493 e. The molecule has 2 unspecified atom stereocenters. The van der Waals surface area contributed by atoms with Gasteiger partial charge in [-0.2, -0.15) is 0 Å². The monoisotopic (exact) mass is 294 g/mol. The molecule has 3 N–H and O–H groups in total. The quantitative estimate of drug-likeness (QED) is 0.809. The number of benzene rings is 1. The maximum absolute atomic E-state index is 12.0. The van der Waals surface area contributed by atoms with E-state index in [0.717, 1.165) is 5.56 Å². The number of nitrogens with two attached hydrogens (primary N) is 1. The van der Waals surface area contributed by atoms with Crippen LogP contribution < -0.4 is 20.5 Å². The van der Waals surface area contributed by atoms with Crippen LogP contribution in [0.1, 0.15) is 38.8 Å². The molecule has 21 heavy (non-hydrogen) atoms. The molecule has 0 aliphatic heterocycles. The Kier molecular flexibility index (Phi) is 6.49. The minimum absolute atomic E-state index is 0.133. The van der Waals surface area contributed by atoms with Gasteiger partial charge in [0.05, 0.1) is 26.3 Å². The van der Waals surface area contributed by atoms with Gasteiger partial charge in [-0.05, 0) is 37.0 Å². The lowest BCUT2D eigenvalue weighted by Crippen LogP contribution is -2.42. The molecule has 5 heteroatoms. The van der Waals surface area contributed by atoms with Crippen molar-refractivity contribution in [3.8, 4) is 11.5 Å². The number of carbonyl (C=O) groups excluding carboxylic acids is 1. The summed E-state index contributed by atoms with van der Waals surface area (Å²) in [6, 6.07) is 4.96. The van der Waals surface area contributed by atoms with Crippen LogP contribution in [0.5, 0.6) is 11.5 Å². The molecule has 0 heterocycles. The van der Waals surface area contributed by atoms with E-state index in [4.69, 9.17) is 15.2 Å². The van der Waals surface area contributed by atoms with Gasteiger partial charge < -0.3 is 20.5 Å². The van der Waals surface area contributed by atoms with Gasteiger partial charge in [-0.15, -0.1) is 0 Å². The average Bonchev–Trinajstić information content (AvgIpc) is 2.45. The summed E-state index contributed by atoms with van der Waals surface area (Å²) >= 11 is 0. The molecule has 2 atom stereocenters. The van der Waals surface area contributed by atoms with Crippen molar-refractivity contribution in [1.82, 2.24) is 5.32 Å². The predicted octanol–water partition coefficient (Wildman–Crippen LogP) is 2.25. The molecule has 5 nitrogen and oxygen atoms in total. The number of ether oxygens (including phenoxy) is 2. The molecule has 0 aromatic heterocycles. The van der Waals surface area contributed by atoms with Gasteiger partial charge in [0.2, 0.25) is 5.91 Å². The molecule has 1 rings (SSSR count). The van der Waals surface area contributed by atoms with E-state index in [1.54, 1.807) is 14.2 Å². The third-order valence-corrected chi connectivity index (χ3v) is 3.33. The van der Waals surface area contributed by atoms with Crippen LogP contribution in [0.2, 0.25) is 0 Å². The fourth-order valence-electron chi connectivity index (χ4n) is 2.14. The fraction of sp³-hybridized carbons (Fsp3) is 0.562. The Balaban J connectivity index is 2.75. The lowest BCUT2D eigenvalue weighted by Gasteiger charge is -2.20. The predicted molar refractivity (Wildman–Crippen MR) is 83.5 cm³/mol. The van der Waals surface area contributed by atoms with Crippen LogP contribution in [-0.2, 0) is 4.79 Å². The molecule has 1 amide bonds. The van der Waals surface area contributed by atoms with Gasteiger partial charge in [0.25, 0.3) is 0 Å². The third-order valence-electron chi connectivity index (χ3n) is 3.33. The van der Waals surface area contributed by atoms with Crippen molar-refractivity contribution in [2.75, 3.05) is 14.2 Å². The minimum Gasteiger partial charge on any atom is -0.493 e. The first-order valence-electron chi connectivity index (χ1n) is 7.16. The number of rotatable bonds is 7. The Morgan fingerprint density at radius 1 is 1.19 bits per heavy atom. The van der Waals surface area contributed by atoms with Gasteiger partial charge in [-0.25, -0.2) is 0 Å². The Hall–Kier alpha value is -1.75. The standard InChI is InChI=1S/C16H26N2O3/c1-10(2)8-13(17)16(19)18-11(3)12-6-7-14(20-4)15(9-12)21-5/h6-7,9-11,13H,8,17H2,1-5H3,(H,18,19). The highest BCUT2D eigenvalue weighted by Crippen LogP contribution is 2.29. The molecule has 118 valence electrons. The molecule has 0 bridgehead atoms. The number of hydrogen-bond acceptors (Lipinski definition) is 4. The number of methoxy groups -OCH3 is 2. The van der Waals surface area contributed by atoms with Crippen LogP contribution >= 0.6 is 0 Å². The number of amides is 1. The second-order valence-electron chi connectivity index (χ2n) is 5.58. The normalized spacial score (nSPS) is 13.7. The van der Waals surface area contributed by atoms with E-state index in [0.29, 0.717) is 23.8 Å². The SMILES string of the molecule is COc1ccc(C(C)NC(=O)C(N)CC(C)C)cc1OC. The molecule has 0 saturated carbocycles. The lowest BCUT2D eigenvalue weighted by molar-refractivity contribution is -0.123. The molecule has 0 aliphatic rings. The van der Waals surface area contributed by atoms with Crippen molar-refractivity contribution in [3.63, 3.8) is 0 Å². The topological polar surface area (TPSA) is 73.6 Å². The molecular formula is C16H26N2O3. The summed E-state index contributed by atoms with van der Waals surface area (Å²) in [5, 5.41) is 2.93. The maximum atomic E-state index is 12.0.